The van der Waals surface area contributed by atoms with Gasteiger partial charge in [-0.3, -0.25) is 0 Å². The molecule has 3 N–H and O–H groups in total. The van der Waals surface area contributed by atoms with Gasteiger partial charge in [-0.05, 0) is 90.1 Å². The van der Waals surface area contributed by atoms with Crippen molar-refractivity contribution in [2.24, 2.45) is 5.73 Å². The molecule has 0 aromatic carbocycles. The Morgan fingerprint density at radius 2 is 1.24 bits per heavy atom. The maximum absolute atomic E-state index is 7.75. The molecule has 0 heterocycles. The van der Waals surface area contributed by atoms with E-state index >= 15 is 0 Å². The van der Waals surface area contributed by atoms with E-state index in [1.165, 1.54) is 18.9 Å². The van der Waals surface area contributed by atoms with Crippen LogP contribution in [0.1, 0.15) is 114 Å². The average Bonchev–Trinajstić information content (AvgIpc) is 2.78. The molecule has 0 aliphatic rings. The Morgan fingerprint density at radius 1 is 0.706 bits per heavy atom. The van der Waals surface area contributed by atoms with Crippen molar-refractivity contribution in [2.45, 2.75) is 161 Å². The van der Waals surface area contributed by atoms with Gasteiger partial charge in [-0.25, -0.2) is 0 Å². The molecule has 0 aliphatic heterocycles. The molecule has 4 nitrogen and oxygen atoms in total. The number of nitrogens with two attached hydrogens (primary N) is 1. The molecule has 0 radical (unpaired) electrons. The molecule has 0 bridgehead atoms. The van der Waals surface area contributed by atoms with Gasteiger partial charge in [-0.15, -0.1) is 0 Å². The van der Waals surface area contributed by atoms with Crippen LogP contribution in [-0.2, 0) is 8.85 Å². The van der Waals surface area contributed by atoms with E-state index in [9.17, 15) is 0 Å². The van der Waals surface area contributed by atoms with E-state index in [2.05, 4.69) is 94.2 Å². The molecular formula is C28H64N2O2Si2. The van der Waals surface area contributed by atoms with Crippen LogP contribution in [0.15, 0.2) is 0 Å². The zero-order valence-electron chi connectivity index (χ0n) is 25.7. The second-order valence-corrected chi connectivity index (χ2v) is 20.9. The summed E-state index contributed by atoms with van der Waals surface area (Å²) in [5.74, 6) is 0. The van der Waals surface area contributed by atoms with Gasteiger partial charge in [0.15, 0.2) is 16.6 Å². The zero-order chi connectivity index (χ0) is 26.9. The summed E-state index contributed by atoms with van der Waals surface area (Å²) < 4.78 is 14.9. The second kappa shape index (κ2) is 13.7. The lowest BCUT2D eigenvalue weighted by molar-refractivity contribution is -0.0133. The van der Waals surface area contributed by atoms with Gasteiger partial charge >= 0.3 is 0 Å². The minimum atomic E-state index is -2.15. The van der Waals surface area contributed by atoms with Crippen LogP contribution < -0.4 is 11.1 Å². The Balaban J connectivity index is 6.49. The second-order valence-electron chi connectivity index (χ2n) is 12.3. The molecule has 0 aromatic rings. The fourth-order valence-electron chi connectivity index (χ4n) is 6.60. The highest BCUT2D eigenvalue weighted by atomic mass is 28.4. The highest BCUT2D eigenvalue weighted by molar-refractivity contribution is 6.77. The number of hydrogen-bond acceptors (Lipinski definition) is 4. The van der Waals surface area contributed by atoms with Gasteiger partial charge in [-0.2, -0.15) is 0 Å². The fraction of sp³-hybridized carbons (Fsp3) is 1.00. The van der Waals surface area contributed by atoms with Gasteiger partial charge < -0.3 is 19.9 Å². The highest BCUT2D eigenvalue weighted by Gasteiger charge is 2.61. The smallest absolute Gasteiger partial charge is 0.196 e. The third-order valence-corrected chi connectivity index (χ3v) is 20.1. The molecule has 34 heavy (non-hydrogen) atoms. The summed E-state index contributed by atoms with van der Waals surface area (Å²) in [6.07, 6.45) is 7.76. The first-order valence-electron chi connectivity index (χ1n) is 14.4. The van der Waals surface area contributed by atoms with Crippen molar-refractivity contribution < 1.29 is 8.85 Å². The molecular weight excluding hydrogens is 452 g/mol. The highest BCUT2D eigenvalue weighted by Crippen LogP contribution is 2.61. The van der Waals surface area contributed by atoms with E-state index in [1.807, 2.05) is 0 Å². The van der Waals surface area contributed by atoms with Crippen molar-refractivity contribution in [1.82, 2.24) is 5.32 Å². The van der Waals surface area contributed by atoms with E-state index in [4.69, 9.17) is 14.6 Å². The lowest BCUT2D eigenvalue weighted by Crippen LogP contribution is -2.64. The molecule has 6 heteroatoms. The van der Waals surface area contributed by atoms with Crippen LogP contribution in [0.2, 0.25) is 35.8 Å². The summed E-state index contributed by atoms with van der Waals surface area (Å²) in [5, 5.41) is 3.81. The topological polar surface area (TPSA) is 56.5 Å². The number of nitrogens with one attached hydrogen (secondary N) is 1. The lowest BCUT2D eigenvalue weighted by Gasteiger charge is -2.60. The quantitative estimate of drug-likeness (QED) is 0.134. The van der Waals surface area contributed by atoms with Crippen molar-refractivity contribution >= 4 is 16.6 Å². The average molecular weight is 517 g/mol. The minimum Gasteiger partial charge on any atom is -0.412 e. The van der Waals surface area contributed by atoms with Gasteiger partial charge in [0.1, 0.15) is 0 Å². The molecule has 2 atom stereocenters. The maximum Gasteiger partial charge on any atom is 0.196 e. The minimum absolute atomic E-state index is 0.0512. The molecule has 206 valence electrons. The van der Waals surface area contributed by atoms with Crippen molar-refractivity contribution in [3.63, 3.8) is 0 Å². The van der Waals surface area contributed by atoms with Gasteiger partial charge in [0.2, 0.25) is 0 Å². The first-order chi connectivity index (χ1) is 15.6. The predicted molar refractivity (Wildman–Crippen MR) is 158 cm³/mol. The summed E-state index contributed by atoms with van der Waals surface area (Å²) >= 11 is 0. The molecule has 0 saturated carbocycles. The molecule has 2 unspecified atom stereocenters. The van der Waals surface area contributed by atoms with E-state index in [0.717, 1.165) is 45.2 Å². The van der Waals surface area contributed by atoms with Gasteiger partial charge in [0, 0.05) is 18.1 Å². The van der Waals surface area contributed by atoms with Crippen molar-refractivity contribution in [2.75, 3.05) is 19.6 Å². The van der Waals surface area contributed by atoms with Crippen LogP contribution in [0.4, 0.5) is 0 Å². The van der Waals surface area contributed by atoms with E-state index in [0.29, 0.717) is 6.54 Å². The Morgan fingerprint density at radius 3 is 1.62 bits per heavy atom. The van der Waals surface area contributed by atoms with Crippen LogP contribution in [0.3, 0.4) is 0 Å². The predicted octanol–water partition coefficient (Wildman–Crippen LogP) is 8.24. The molecule has 0 spiro atoms. The normalized spacial score (nSPS) is 17.5. The van der Waals surface area contributed by atoms with E-state index in [1.54, 1.807) is 0 Å². The molecule has 0 saturated heterocycles. The first kappa shape index (κ1) is 34.3. The lowest BCUT2D eigenvalue weighted by atomic mass is 9.81. The third kappa shape index (κ3) is 7.41. The monoisotopic (exact) mass is 516 g/mol. The summed E-state index contributed by atoms with van der Waals surface area (Å²) in [7, 11) is -4.27. The van der Waals surface area contributed by atoms with Crippen molar-refractivity contribution in [1.29, 1.82) is 0 Å². The summed E-state index contributed by atoms with van der Waals surface area (Å²) in [6, 6.07) is 1.19. The fourth-order valence-corrected chi connectivity index (χ4v) is 16.3. The standard InChI is InChI=1S/C28H64N2O2Si2/c1-14-25(7,8)31-33(11,12)28(18-5,19-6)27(10,17-4)32-34(13,26(9,15-2)16-3)24-20-22-30-23-21-29/h30H,14-24,29H2,1-13H3. The molecule has 0 rings (SSSR count). The number of rotatable bonds is 19. The van der Waals surface area contributed by atoms with Crippen LogP contribution in [0.25, 0.3) is 0 Å². The Kier molecular flexibility index (Phi) is 13.8. The molecule has 0 aromatic heterocycles. The Labute approximate surface area is 217 Å². The maximum atomic E-state index is 7.75. The Hall–Kier alpha value is 0.274. The zero-order valence-corrected chi connectivity index (χ0v) is 27.7. The van der Waals surface area contributed by atoms with Crippen LogP contribution in [0.5, 0.6) is 0 Å². The molecule has 0 fully saturated rings. The van der Waals surface area contributed by atoms with Crippen LogP contribution in [-0.4, -0.2) is 47.5 Å². The van der Waals surface area contributed by atoms with E-state index < -0.39 is 16.6 Å². The van der Waals surface area contributed by atoms with Crippen molar-refractivity contribution in [3.8, 4) is 0 Å². The SMILES string of the molecule is CCC(C)(C)O[Si](C)(C)C(CC)(CC)C(C)(CC)O[Si](C)(CCCNCCN)C(C)(CC)CC. The van der Waals surface area contributed by atoms with Gasteiger partial charge in [-0.1, -0.05) is 61.3 Å². The Bertz CT molecular complexity index is 577. The van der Waals surface area contributed by atoms with Crippen LogP contribution in [0, 0.1) is 0 Å². The molecule has 0 amide bonds. The van der Waals surface area contributed by atoms with Crippen LogP contribution >= 0.6 is 0 Å². The molecule has 0 aliphatic carbocycles. The summed E-state index contributed by atoms with van der Waals surface area (Å²) in [4.78, 5) is 0. The number of hydrogen-bond donors (Lipinski definition) is 2. The largest absolute Gasteiger partial charge is 0.412 e. The van der Waals surface area contributed by atoms with Gasteiger partial charge in [0.05, 0.1) is 11.2 Å². The summed E-state index contributed by atoms with van der Waals surface area (Å²) in [5.41, 5.74) is 5.39. The third-order valence-electron chi connectivity index (χ3n) is 10.0. The summed E-state index contributed by atoms with van der Waals surface area (Å²) in [6.45, 7) is 33.6. The van der Waals surface area contributed by atoms with Crippen molar-refractivity contribution in [3.05, 3.63) is 0 Å². The van der Waals surface area contributed by atoms with Gasteiger partial charge in [0.25, 0.3) is 0 Å². The van der Waals surface area contributed by atoms with E-state index in [-0.39, 0.29) is 21.3 Å². The first-order valence-corrected chi connectivity index (χ1v) is 19.9.